The van der Waals surface area contributed by atoms with E-state index in [4.69, 9.17) is 11.6 Å². The lowest BCUT2D eigenvalue weighted by Crippen LogP contribution is -2.34. The molecule has 0 saturated heterocycles. The third kappa shape index (κ3) is 4.56. The molecule has 0 bridgehead atoms. The highest BCUT2D eigenvalue weighted by Gasteiger charge is 2.18. The second-order valence-electron chi connectivity index (χ2n) is 4.78. The Morgan fingerprint density at radius 1 is 1.21 bits per heavy atom. The number of amides is 2. The van der Waals surface area contributed by atoms with Crippen LogP contribution >= 0.6 is 11.6 Å². The molecule has 1 saturated carbocycles. The molecule has 1 aromatic rings. The minimum Gasteiger partial charge on any atom is -0.353 e. The summed E-state index contributed by atoms with van der Waals surface area (Å²) in [6.07, 6.45) is 4.19. The summed E-state index contributed by atoms with van der Waals surface area (Å²) in [6, 6.07) is 7.10. The first-order valence-corrected chi connectivity index (χ1v) is 6.86. The average molecular weight is 281 g/mol. The predicted octanol–water partition coefficient (Wildman–Crippen LogP) is 2.73. The van der Waals surface area contributed by atoms with Gasteiger partial charge in [-0.3, -0.25) is 9.59 Å². The fraction of sp³-hybridized carbons (Fsp3) is 0.429. The van der Waals surface area contributed by atoms with E-state index in [0.29, 0.717) is 10.7 Å². The van der Waals surface area contributed by atoms with Crippen LogP contribution in [0.4, 0.5) is 5.69 Å². The lowest BCUT2D eigenvalue weighted by Gasteiger charge is -2.11. The van der Waals surface area contributed by atoms with E-state index in [2.05, 4.69) is 10.6 Å². The average Bonchev–Trinajstić information content (AvgIpc) is 2.81. The molecule has 2 rings (SSSR count). The molecule has 5 heteroatoms. The lowest BCUT2D eigenvalue weighted by atomic mass is 10.2. The number of benzene rings is 1. The van der Waals surface area contributed by atoms with E-state index in [1.807, 2.05) is 0 Å². The lowest BCUT2D eigenvalue weighted by molar-refractivity contribution is -0.127. The molecule has 1 aliphatic rings. The summed E-state index contributed by atoms with van der Waals surface area (Å²) in [4.78, 5) is 23.4. The minimum absolute atomic E-state index is 0.150. The summed E-state index contributed by atoms with van der Waals surface area (Å²) in [5.41, 5.74) is 0.603. The molecular formula is C14H17ClN2O2. The van der Waals surface area contributed by atoms with Crippen molar-refractivity contribution in [2.75, 3.05) is 5.32 Å². The van der Waals surface area contributed by atoms with Gasteiger partial charge in [-0.2, -0.15) is 0 Å². The standard InChI is InChI=1S/C14H17ClN2O2/c15-10-4-3-7-12(8-10)17-14(19)9-13(18)16-11-5-1-2-6-11/h3-4,7-8,11H,1-2,5-6,9H2,(H,16,18)(H,17,19). The van der Waals surface area contributed by atoms with Crippen molar-refractivity contribution < 1.29 is 9.59 Å². The summed E-state index contributed by atoms with van der Waals surface area (Å²) < 4.78 is 0. The number of carbonyl (C=O) groups excluding carboxylic acids is 2. The van der Waals surface area contributed by atoms with Crippen LogP contribution in [0.1, 0.15) is 32.1 Å². The van der Waals surface area contributed by atoms with Crippen molar-refractivity contribution >= 4 is 29.1 Å². The van der Waals surface area contributed by atoms with E-state index in [9.17, 15) is 9.59 Å². The van der Waals surface area contributed by atoms with Gasteiger partial charge in [-0.05, 0) is 31.0 Å². The van der Waals surface area contributed by atoms with Gasteiger partial charge in [0.2, 0.25) is 11.8 Å². The molecular weight excluding hydrogens is 264 g/mol. The van der Waals surface area contributed by atoms with E-state index < -0.39 is 0 Å². The van der Waals surface area contributed by atoms with Crippen LogP contribution in [0.5, 0.6) is 0 Å². The van der Waals surface area contributed by atoms with Gasteiger partial charge in [0.1, 0.15) is 6.42 Å². The summed E-state index contributed by atoms with van der Waals surface area (Å²) in [5, 5.41) is 6.08. The van der Waals surface area contributed by atoms with Gasteiger partial charge in [0.05, 0.1) is 0 Å². The molecule has 4 nitrogen and oxygen atoms in total. The van der Waals surface area contributed by atoms with Crippen LogP contribution in [0, 0.1) is 0 Å². The van der Waals surface area contributed by atoms with Gasteiger partial charge in [0, 0.05) is 16.8 Å². The number of nitrogens with one attached hydrogen (secondary N) is 2. The van der Waals surface area contributed by atoms with Crippen LogP contribution in [0.2, 0.25) is 5.02 Å². The van der Waals surface area contributed by atoms with E-state index >= 15 is 0 Å². The van der Waals surface area contributed by atoms with Gasteiger partial charge in [-0.1, -0.05) is 30.5 Å². The Balaban J connectivity index is 1.78. The number of anilines is 1. The highest BCUT2D eigenvalue weighted by atomic mass is 35.5. The highest BCUT2D eigenvalue weighted by Crippen LogP contribution is 2.18. The van der Waals surface area contributed by atoms with Crippen molar-refractivity contribution in [2.24, 2.45) is 0 Å². The molecule has 0 unspecified atom stereocenters. The zero-order valence-electron chi connectivity index (χ0n) is 10.6. The largest absolute Gasteiger partial charge is 0.353 e. The Labute approximate surface area is 117 Å². The van der Waals surface area contributed by atoms with Crippen molar-refractivity contribution in [2.45, 2.75) is 38.1 Å². The number of hydrogen-bond donors (Lipinski definition) is 2. The SMILES string of the molecule is O=C(CC(=O)NC1CCCC1)Nc1cccc(Cl)c1. The van der Waals surface area contributed by atoms with Crippen LogP contribution in [-0.4, -0.2) is 17.9 Å². The highest BCUT2D eigenvalue weighted by molar-refractivity contribution is 6.30. The van der Waals surface area contributed by atoms with Crippen molar-refractivity contribution in [1.82, 2.24) is 5.32 Å². The zero-order chi connectivity index (χ0) is 13.7. The second kappa shape index (κ2) is 6.57. The number of halogens is 1. The molecule has 0 aliphatic heterocycles. The Hall–Kier alpha value is -1.55. The Morgan fingerprint density at radius 2 is 1.95 bits per heavy atom. The quantitative estimate of drug-likeness (QED) is 0.833. The molecule has 0 atom stereocenters. The van der Waals surface area contributed by atoms with Crippen LogP contribution in [0.15, 0.2) is 24.3 Å². The van der Waals surface area contributed by atoms with E-state index in [1.165, 1.54) is 0 Å². The van der Waals surface area contributed by atoms with Gasteiger partial charge in [-0.25, -0.2) is 0 Å². The van der Waals surface area contributed by atoms with Crippen molar-refractivity contribution in [3.63, 3.8) is 0 Å². The minimum atomic E-state index is -0.322. The van der Waals surface area contributed by atoms with Gasteiger partial charge < -0.3 is 10.6 Å². The topological polar surface area (TPSA) is 58.2 Å². The van der Waals surface area contributed by atoms with E-state index in [0.717, 1.165) is 25.7 Å². The molecule has 2 N–H and O–H groups in total. The van der Waals surface area contributed by atoms with E-state index in [1.54, 1.807) is 24.3 Å². The third-order valence-corrected chi connectivity index (χ3v) is 3.38. The number of rotatable bonds is 4. The number of carbonyl (C=O) groups is 2. The molecule has 0 aromatic heterocycles. The summed E-state index contributed by atoms with van der Waals surface area (Å²) in [7, 11) is 0. The van der Waals surface area contributed by atoms with Crippen molar-refractivity contribution in [3.05, 3.63) is 29.3 Å². The first-order chi connectivity index (χ1) is 9.13. The Morgan fingerprint density at radius 3 is 2.63 bits per heavy atom. The first-order valence-electron chi connectivity index (χ1n) is 6.48. The molecule has 0 radical (unpaired) electrons. The van der Waals surface area contributed by atoms with Gasteiger partial charge in [0.15, 0.2) is 0 Å². The molecule has 1 aliphatic carbocycles. The van der Waals surface area contributed by atoms with E-state index in [-0.39, 0.29) is 24.3 Å². The van der Waals surface area contributed by atoms with Crippen molar-refractivity contribution in [3.8, 4) is 0 Å². The molecule has 19 heavy (non-hydrogen) atoms. The zero-order valence-corrected chi connectivity index (χ0v) is 11.4. The van der Waals surface area contributed by atoms with Crippen LogP contribution in [0.25, 0.3) is 0 Å². The monoisotopic (exact) mass is 280 g/mol. The summed E-state index contributed by atoms with van der Waals surface area (Å²) in [6.45, 7) is 0. The van der Waals surface area contributed by atoms with Crippen LogP contribution in [-0.2, 0) is 9.59 Å². The molecule has 0 spiro atoms. The predicted molar refractivity (Wildman–Crippen MR) is 75.1 cm³/mol. The van der Waals surface area contributed by atoms with Gasteiger partial charge in [-0.15, -0.1) is 0 Å². The maximum Gasteiger partial charge on any atom is 0.233 e. The third-order valence-electron chi connectivity index (χ3n) is 3.15. The molecule has 1 fully saturated rings. The van der Waals surface area contributed by atoms with Crippen LogP contribution in [0.3, 0.4) is 0 Å². The Bertz CT molecular complexity index is 470. The van der Waals surface area contributed by atoms with Crippen molar-refractivity contribution in [1.29, 1.82) is 0 Å². The second-order valence-corrected chi connectivity index (χ2v) is 5.22. The molecule has 1 aromatic carbocycles. The number of hydrogen-bond acceptors (Lipinski definition) is 2. The smallest absolute Gasteiger partial charge is 0.233 e. The maximum absolute atomic E-state index is 11.7. The molecule has 0 heterocycles. The normalized spacial score (nSPS) is 15.2. The van der Waals surface area contributed by atoms with Crippen LogP contribution < -0.4 is 10.6 Å². The van der Waals surface area contributed by atoms with Gasteiger partial charge >= 0.3 is 0 Å². The Kier molecular flexibility index (Phi) is 4.80. The molecule has 102 valence electrons. The van der Waals surface area contributed by atoms with Gasteiger partial charge in [0.25, 0.3) is 0 Å². The first kappa shape index (κ1) is 13.9. The fourth-order valence-electron chi connectivity index (χ4n) is 2.27. The fourth-order valence-corrected chi connectivity index (χ4v) is 2.46. The maximum atomic E-state index is 11.7. The summed E-state index contributed by atoms with van der Waals surface area (Å²) in [5.74, 6) is -0.538. The molecule has 2 amide bonds. The summed E-state index contributed by atoms with van der Waals surface area (Å²) >= 11 is 5.82.